The van der Waals surface area contributed by atoms with Gasteiger partial charge in [0, 0.05) is 82.7 Å². The molecule has 19 nitrogen and oxygen atoms in total. The van der Waals surface area contributed by atoms with Gasteiger partial charge in [-0.2, -0.15) is 0 Å². The predicted octanol–water partition coefficient (Wildman–Crippen LogP) is 1.03. The van der Waals surface area contributed by atoms with Crippen molar-refractivity contribution < 1.29 is 48.4 Å². The number of ether oxygens (including phenoxy) is 3. The summed E-state index contributed by atoms with van der Waals surface area (Å²) in [5.74, 6) is -2.09. The Balaban J connectivity index is 1.23. The molecule has 0 spiro atoms. The van der Waals surface area contributed by atoms with Gasteiger partial charge in [-0.1, -0.05) is 0 Å². The van der Waals surface area contributed by atoms with Crippen molar-refractivity contribution >= 4 is 41.8 Å². The van der Waals surface area contributed by atoms with E-state index >= 15 is 0 Å². The lowest BCUT2D eigenvalue weighted by atomic mass is 10.1. The van der Waals surface area contributed by atoms with Gasteiger partial charge >= 0.3 is 24.0 Å². The number of piperazine rings is 2. The number of anilines is 2. The van der Waals surface area contributed by atoms with Crippen molar-refractivity contribution in [2.24, 2.45) is 0 Å². The maximum atomic E-state index is 13.4. The van der Waals surface area contributed by atoms with E-state index in [9.17, 15) is 24.0 Å². The number of esters is 1. The van der Waals surface area contributed by atoms with E-state index in [4.69, 9.17) is 24.4 Å². The molecule has 2 aliphatic heterocycles. The average molecular weight is 744 g/mol. The van der Waals surface area contributed by atoms with Crippen LogP contribution in [-0.2, 0) is 35.1 Å². The normalized spacial score (nSPS) is 16.9. The molecule has 0 unspecified atom stereocenters. The Morgan fingerprint density at radius 1 is 0.811 bits per heavy atom. The highest BCUT2D eigenvalue weighted by molar-refractivity contribution is 5.87. The number of hydrogen-bond acceptors (Lipinski definition) is 15. The van der Waals surface area contributed by atoms with Crippen LogP contribution in [0.25, 0.3) is 0 Å². The lowest BCUT2D eigenvalue weighted by Gasteiger charge is -2.41. The fraction of sp³-hybridized carbons (Fsp3) is 0.618. The summed E-state index contributed by atoms with van der Waals surface area (Å²) in [4.78, 5) is 85.6. The number of rotatable bonds is 15. The minimum atomic E-state index is -1.19. The number of carboxylic acids is 2. The highest BCUT2D eigenvalue weighted by Crippen LogP contribution is 2.20. The first-order valence-corrected chi connectivity index (χ1v) is 17.4. The summed E-state index contributed by atoms with van der Waals surface area (Å²) in [7, 11) is 0. The molecule has 4 rings (SSSR count). The first kappa shape index (κ1) is 40.6. The Kier molecular flexibility index (Phi) is 13.8. The highest BCUT2D eigenvalue weighted by atomic mass is 16.6. The van der Waals surface area contributed by atoms with Crippen molar-refractivity contribution in [3.8, 4) is 0 Å². The summed E-state index contributed by atoms with van der Waals surface area (Å²) in [6, 6.07) is -0.898. The Bertz CT molecular complexity index is 1580. The number of hydrogen-bond donors (Lipinski definition) is 3. The maximum absolute atomic E-state index is 13.4. The van der Waals surface area contributed by atoms with E-state index in [-0.39, 0.29) is 50.6 Å². The maximum Gasteiger partial charge on any atom is 0.407 e. The van der Waals surface area contributed by atoms with Gasteiger partial charge in [0.05, 0.1) is 38.2 Å². The van der Waals surface area contributed by atoms with Crippen LogP contribution in [-0.4, -0.2) is 153 Å². The second-order valence-electron chi connectivity index (χ2n) is 14.3. The predicted molar refractivity (Wildman–Crippen MR) is 188 cm³/mol. The lowest BCUT2D eigenvalue weighted by Crippen LogP contribution is -2.59. The molecule has 2 aromatic heterocycles. The van der Waals surface area contributed by atoms with Crippen LogP contribution in [0.5, 0.6) is 0 Å². The van der Waals surface area contributed by atoms with Crippen LogP contribution in [0.1, 0.15) is 63.4 Å². The fourth-order valence-electron chi connectivity index (χ4n) is 5.66. The number of carbonyl (C=O) groups is 5. The van der Waals surface area contributed by atoms with Crippen LogP contribution in [0.4, 0.5) is 16.7 Å². The van der Waals surface area contributed by atoms with Gasteiger partial charge in [-0.15, -0.1) is 0 Å². The van der Waals surface area contributed by atoms with E-state index in [0.717, 1.165) is 13.1 Å². The molecule has 2 saturated heterocycles. The van der Waals surface area contributed by atoms with Gasteiger partial charge in [0.1, 0.15) is 17.2 Å². The number of aromatic carboxylic acids is 1. The number of alkyl carbamates (subject to hydrolysis) is 1. The molecule has 1 atom stereocenters. The van der Waals surface area contributed by atoms with Crippen molar-refractivity contribution in [2.75, 3.05) is 75.4 Å². The average Bonchev–Trinajstić information content (AvgIpc) is 3.09. The zero-order chi connectivity index (χ0) is 38.8. The monoisotopic (exact) mass is 743 g/mol. The Hall–Kier alpha value is -5.17. The molecule has 4 heterocycles. The number of aromatic nitrogens is 4. The summed E-state index contributed by atoms with van der Waals surface area (Å²) >= 11 is 0. The van der Waals surface area contributed by atoms with E-state index in [1.807, 2.05) is 4.90 Å². The minimum absolute atomic E-state index is 0.0406. The summed E-state index contributed by atoms with van der Waals surface area (Å²) in [5.41, 5.74) is -1.34. The van der Waals surface area contributed by atoms with Crippen molar-refractivity contribution in [3.05, 3.63) is 35.9 Å². The summed E-state index contributed by atoms with van der Waals surface area (Å²) in [6.45, 7) is 13.2. The molecule has 3 N–H and O–H groups in total. The standard InChI is InChI=1S/C34H49N9O10/c1-33(2,3)52-29(49)25-22-42(31-35-17-23(18-36-31)19-39-32(50)53-34(4,5)16-27(45)46)11-12-43(25)26(44)6-14-51-15-13-40-7-9-41(10-8-40)30-37-20-24(21-38-30)28(47)48/h17-18,20-21,25H,6-16,19,22H2,1-5H3,(H,39,50)(H,45,46)(H,47,48)/t25-/m1/s1. The number of carbonyl (C=O) groups excluding carboxylic acids is 3. The Morgan fingerprint density at radius 2 is 1.42 bits per heavy atom. The van der Waals surface area contributed by atoms with Crippen LogP contribution < -0.4 is 15.1 Å². The quantitative estimate of drug-likeness (QED) is 0.171. The Labute approximate surface area is 307 Å². The first-order chi connectivity index (χ1) is 25.0. The van der Waals surface area contributed by atoms with Gasteiger partial charge in [0.2, 0.25) is 17.8 Å². The molecule has 2 fully saturated rings. The smallest absolute Gasteiger partial charge is 0.407 e. The zero-order valence-electron chi connectivity index (χ0n) is 30.8. The van der Waals surface area contributed by atoms with Gasteiger partial charge in [0.15, 0.2) is 0 Å². The third kappa shape index (κ3) is 12.8. The van der Waals surface area contributed by atoms with E-state index in [2.05, 4.69) is 30.2 Å². The largest absolute Gasteiger partial charge is 0.481 e. The molecule has 0 radical (unpaired) electrons. The summed E-state index contributed by atoms with van der Waals surface area (Å²) in [6.07, 6.45) is 4.62. The molecule has 2 aliphatic rings. The lowest BCUT2D eigenvalue weighted by molar-refractivity contribution is -0.165. The van der Waals surface area contributed by atoms with Crippen LogP contribution >= 0.6 is 0 Å². The second kappa shape index (κ2) is 18.0. The first-order valence-electron chi connectivity index (χ1n) is 17.4. The van der Waals surface area contributed by atoms with Gasteiger partial charge in [-0.05, 0) is 34.6 Å². The molecular weight excluding hydrogens is 694 g/mol. The molecule has 0 bridgehead atoms. The molecular formula is C34H49N9O10. The number of aliphatic carboxylic acids is 1. The minimum Gasteiger partial charge on any atom is -0.481 e. The van der Waals surface area contributed by atoms with Crippen molar-refractivity contribution in [3.63, 3.8) is 0 Å². The number of amides is 2. The molecule has 0 aromatic carbocycles. The van der Waals surface area contributed by atoms with Crippen LogP contribution in [0.3, 0.4) is 0 Å². The SMILES string of the molecule is CC(C)(C)OC(=O)[C@H]1CN(c2ncc(CNC(=O)OC(C)(C)CC(=O)O)cn2)CCN1C(=O)CCOCCN1CCN(c2ncc(C(=O)O)cn2)CC1. The number of nitrogens with one attached hydrogen (secondary N) is 1. The molecule has 290 valence electrons. The van der Waals surface area contributed by atoms with E-state index in [1.165, 1.54) is 43.5 Å². The third-order valence-corrected chi connectivity index (χ3v) is 8.29. The third-order valence-electron chi connectivity index (χ3n) is 8.29. The van der Waals surface area contributed by atoms with Crippen LogP contribution in [0.15, 0.2) is 24.8 Å². The van der Waals surface area contributed by atoms with Crippen molar-refractivity contribution in [1.29, 1.82) is 0 Å². The van der Waals surface area contributed by atoms with E-state index < -0.39 is 41.2 Å². The highest BCUT2D eigenvalue weighted by Gasteiger charge is 2.38. The summed E-state index contributed by atoms with van der Waals surface area (Å²) < 4.78 is 16.7. The van der Waals surface area contributed by atoms with Crippen LogP contribution in [0, 0.1) is 0 Å². The Morgan fingerprint density at radius 3 is 2.02 bits per heavy atom. The summed E-state index contributed by atoms with van der Waals surface area (Å²) in [5, 5.41) is 20.6. The molecule has 19 heteroatoms. The van der Waals surface area contributed by atoms with E-state index in [0.29, 0.717) is 50.2 Å². The van der Waals surface area contributed by atoms with Gasteiger partial charge in [-0.3, -0.25) is 14.5 Å². The van der Waals surface area contributed by atoms with Crippen molar-refractivity contribution in [1.82, 2.24) is 35.1 Å². The van der Waals surface area contributed by atoms with Gasteiger partial charge in [0.25, 0.3) is 0 Å². The number of nitrogens with zero attached hydrogens (tertiary/aromatic N) is 8. The molecule has 0 saturated carbocycles. The number of carboxylic acid groups (broad SMARTS) is 2. The zero-order valence-corrected chi connectivity index (χ0v) is 30.8. The van der Waals surface area contributed by atoms with Crippen molar-refractivity contribution in [2.45, 2.75) is 71.2 Å². The second-order valence-corrected chi connectivity index (χ2v) is 14.3. The molecule has 2 aromatic rings. The molecule has 0 aliphatic carbocycles. The molecule has 2 amide bonds. The van der Waals surface area contributed by atoms with Crippen LogP contribution in [0.2, 0.25) is 0 Å². The van der Waals surface area contributed by atoms with E-state index in [1.54, 1.807) is 25.7 Å². The topological polar surface area (TPSA) is 230 Å². The fourth-order valence-corrected chi connectivity index (χ4v) is 5.66. The van der Waals surface area contributed by atoms with Gasteiger partial charge < -0.3 is 44.4 Å². The molecule has 53 heavy (non-hydrogen) atoms. The van der Waals surface area contributed by atoms with Gasteiger partial charge in [-0.25, -0.2) is 34.3 Å².